The fourth-order valence-corrected chi connectivity index (χ4v) is 1.05. The Morgan fingerprint density at radius 2 is 1.87 bits per heavy atom. The summed E-state index contributed by atoms with van der Waals surface area (Å²) in [5.74, 6) is -0.344. The molecule has 0 aliphatic carbocycles. The van der Waals surface area contributed by atoms with Crippen LogP contribution in [0, 0.1) is 6.92 Å². The molecule has 0 saturated carbocycles. The van der Waals surface area contributed by atoms with E-state index in [1.54, 1.807) is 6.08 Å². The average molecular weight is 202 g/mol. The highest BCUT2D eigenvalue weighted by atomic mass is 16.5. The van der Waals surface area contributed by atoms with Crippen LogP contribution in [-0.2, 0) is 9.53 Å². The predicted molar refractivity (Wildman–Crippen MR) is 61.4 cm³/mol. The Balaban J connectivity index is 2.55. The summed E-state index contributed by atoms with van der Waals surface area (Å²) in [6, 6.07) is 8.14. The normalized spacial score (nSPS) is 11.1. The summed E-state index contributed by atoms with van der Waals surface area (Å²) in [7, 11) is 1.36. The molecule has 1 rings (SSSR count). The Morgan fingerprint density at radius 1 is 1.20 bits per heavy atom. The van der Waals surface area contributed by atoms with Crippen LogP contribution < -0.4 is 0 Å². The summed E-state index contributed by atoms with van der Waals surface area (Å²) >= 11 is 0. The molecule has 0 saturated heterocycles. The van der Waals surface area contributed by atoms with E-state index in [0.717, 1.165) is 5.56 Å². The van der Waals surface area contributed by atoms with Crippen LogP contribution in [0.3, 0.4) is 0 Å². The van der Waals surface area contributed by atoms with Crippen LogP contribution in [-0.4, -0.2) is 13.1 Å². The summed E-state index contributed by atoms with van der Waals surface area (Å²) in [5, 5.41) is 0. The first kappa shape index (κ1) is 11.2. The quantitative estimate of drug-likeness (QED) is 0.428. The summed E-state index contributed by atoms with van der Waals surface area (Å²) in [4.78, 5) is 10.7. The number of hydrogen-bond donors (Lipinski definition) is 0. The van der Waals surface area contributed by atoms with Gasteiger partial charge < -0.3 is 4.74 Å². The molecule has 0 aromatic heterocycles. The van der Waals surface area contributed by atoms with Gasteiger partial charge in [0.1, 0.15) is 0 Å². The minimum atomic E-state index is -0.344. The van der Waals surface area contributed by atoms with Crippen molar-refractivity contribution in [2.24, 2.45) is 0 Å². The molecule has 0 unspecified atom stereocenters. The van der Waals surface area contributed by atoms with Crippen LogP contribution >= 0.6 is 0 Å². The highest BCUT2D eigenvalue weighted by Gasteiger charge is 1.87. The van der Waals surface area contributed by atoms with Crippen molar-refractivity contribution in [1.82, 2.24) is 0 Å². The van der Waals surface area contributed by atoms with Crippen LogP contribution in [0.15, 0.2) is 42.5 Å². The molecule has 1 aromatic carbocycles. The maximum absolute atomic E-state index is 10.7. The highest BCUT2D eigenvalue weighted by molar-refractivity contribution is 5.82. The fourth-order valence-electron chi connectivity index (χ4n) is 1.05. The number of rotatable bonds is 3. The molecular formula is C13H14O2. The van der Waals surface area contributed by atoms with Gasteiger partial charge in [-0.3, -0.25) is 0 Å². The monoisotopic (exact) mass is 202 g/mol. The zero-order valence-corrected chi connectivity index (χ0v) is 8.94. The van der Waals surface area contributed by atoms with Gasteiger partial charge in [0.05, 0.1) is 7.11 Å². The van der Waals surface area contributed by atoms with Gasteiger partial charge in [-0.05, 0) is 12.5 Å². The molecule has 0 fully saturated rings. The highest BCUT2D eigenvalue weighted by Crippen LogP contribution is 2.04. The third-order valence-corrected chi connectivity index (χ3v) is 1.91. The maximum Gasteiger partial charge on any atom is 0.330 e. The molecule has 2 heteroatoms. The lowest BCUT2D eigenvalue weighted by Gasteiger charge is -1.93. The molecule has 0 aliphatic rings. The molecule has 0 radical (unpaired) electrons. The molecule has 0 atom stereocenters. The van der Waals surface area contributed by atoms with E-state index in [9.17, 15) is 4.79 Å². The first-order valence-corrected chi connectivity index (χ1v) is 4.72. The molecule has 0 heterocycles. The van der Waals surface area contributed by atoms with Crippen molar-refractivity contribution < 1.29 is 9.53 Å². The van der Waals surface area contributed by atoms with Crippen molar-refractivity contribution >= 4 is 12.0 Å². The third kappa shape index (κ3) is 4.27. The fraction of sp³-hybridized carbons (Fsp3) is 0.154. The predicted octanol–water partition coefficient (Wildman–Crippen LogP) is 2.74. The minimum absolute atomic E-state index is 0.344. The van der Waals surface area contributed by atoms with Gasteiger partial charge in [0.15, 0.2) is 0 Å². The smallest absolute Gasteiger partial charge is 0.330 e. The van der Waals surface area contributed by atoms with Gasteiger partial charge in [-0.1, -0.05) is 48.1 Å². The topological polar surface area (TPSA) is 26.3 Å². The molecule has 0 spiro atoms. The van der Waals surface area contributed by atoms with E-state index in [0.29, 0.717) is 0 Å². The van der Waals surface area contributed by atoms with Crippen molar-refractivity contribution in [3.63, 3.8) is 0 Å². The molecule has 15 heavy (non-hydrogen) atoms. The van der Waals surface area contributed by atoms with Gasteiger partial charge >= 0.3 is 5.97 Å². The molecule has 2 nitrogen and oxygen atoms in total. The molecule has 0 bridgehead atoms. The Kier molecular flexibility index (Phi) is 4.35. The summed E-state index contributed by atoms with van der Waals surface area (Å²) in [5.41, 5.74) is 2.34. The Hall–Kier alpha value is -1.83. The molecule has 0 amide bonds. The van der Waals surface area contributed by atoms with Crippen LogP contribution in [0.5, 0.6) is 0 Å². The van der Waals surface area contributed by atoms with E-state index in [1.807, 2.05) is 43.3 Å². The zero-order chi connectivity index (χ0) is 11.1. The van der Waals surface area contributed by atoms with Gasteiger partial charge in [0, 0.05) is 6.08 Å². The Morgan fingerprint density at radius 3 is 2.47 bits per heavy atom. The van der Waals surface area contributed by atoms with Crippen molar-refractivity contribution in [3.8, 4) is 0 Å². The molecular weight excluding hydrogens is 188 g/mol. The second-order valence-corrected chi connectivity index (χ2v) is 3.15. The maximum atomic E-state index is 10.7. The minimum Gasteiger partial charge on any atom is -0.466 e. The van der Waals surface area contributed by atoms with E-state index < -0.39 is 0 Å². The Bertz CT molecular complexity index is 372. The lowest BCUT2D eigenvalue weighted by atomic mass is 10.1. The van der Waals surface area contributed by atoms with E-state index in [-0.39, 0.29) is 5.97 Å². The van der Waals surface area contributed by atoms with E-state index in [2.05, 4.69) is 4.74 Å². The number of carbonyl (C=O) groups excluding carboxylic acids is 1. The number of aryl methyl sites for hydroxylation is 1. The summed E-state index contributed by atoms with van der Waals surface area (Å²) in [6.45, 7) is 2.05. The first-order chi connectivity index (χ1) is 7.22. The lowest BCUT2D eigenvalue weighted by Crippen LogP contribution is -1.92. The van der Waals surface area contributed by atoms with Crippen LogP contribution in [0.25, 0.3) is 6.08 Å². The number of allylic oxidation sites excluding steroid dienone is 2. The van der Waals surface area contributed by atoms with Crippen molar-refractivity contribution in [1.29, 1.82) is 0 Å². The van der Waals surface area contributed by atoms with Crippen LogP contribution in [0.1, 0.15) is 11.1 Å². The largest absolute Gasteiger partial charge is 0.466 e. The number of hydrogen-bond acceptors (Lipinski definition) is 2. The third-order valence-electron chi connectivity index (χ3n) is 1.91. The number of methoxy groups -OCH3 is 1. The SMILES string of the molecule is COC(=O)/C=C/C=C/c1ccc(C)cc1. The van der Waals surface area contributed by atoms with E-state index in [4.69, 9.17) is 0 Å². The Labute approximate surface area is 89.9 Å². The zero-order valence-electron chi connectivity index (χ0n) is 8.94. The molecule has 1 aromatic rings. The molecule has 0 N–H and O–H groups in total. The van der Waals surface area contributed by atoms with Gasteiger partial charge in [0.25, 0.3) is 0 Å². The van der Waals surface area contributed by atoms with Gasteiger partial charge in [0.2, 0.25) is 0 Å². The summed E-state index contributed by atoms with van der Waals surface area (Å²) < 4.78 is 4.46. The number of benzene rings is 1. The van der Waals surface area contributed by atoms with Crippen LogP contribution in [0.2, 0.25) is 0 Å². The van der Waals surface area contributed by atoms with Crippen LogP contribution in [0.4, 0.5) is 0 Å². The molecule has 78 valence electrons. The number of ether oxygens (including phenoxy) is 1. The van der Waals surface area contributed by atoms with Gasteiger partial charge in [-0.15, -0.1) is 0 Å². The first-order valence-electron chi connectivity index (χ1n) is 4.72. The van der Waals surface area contributed by atoms with E-state index >= 15 is 0 Å². The standard InChI is InChI=1S/C13H14O2/c1-11-7-9-12(10-8-11)5-3-4-6-13(14)15-2/h3-10H,1-2H3/b5-3+,6-4+. The lowest BCUT2D eigenvalue weighted by molar-refractivity contribution is -0.134. The average Bonchev–Trinajstić information content (AvgIpc) is 2.26. The second kappa shape index (κ2) is 5.81. The molecule has 0 aliphatic heterocycles. The number of esters is 1. The van der Waals surface area contributed by atoms with Gasteiger partial charge in [-0.2, -0.15) is 0 Å². The summed E-state index contributed by atoms with van der Waals surface area (Å²) in [6.07, 6.45) is 6.77. The van der Waals surface area contributed by atoms with Crippen molar-refractivity contribution in [2.45, 2.75) is 6.92 Å². The van der Waals surface area contributed by atoms with E-state index in [1.165, 1.54) is 18.7 Å². The second-order valence-electron chi connectivity index (χ2n) is 3.15. The van der Waals surface area contributed by atoms with Gasteiger partial charge in [-0.25, -0.2) is 4.79 Å². The van der Waals surface area contributed by atoms with Crippen molar-refractivity contribution in [2.75, 3.05) is 7.11 Å². The van der Waals surface area contributed by atoms with Crippen molar-refractivity contribution in [3.05, 3.63) is 53.6 Å². The number of carbonyl (C=O) groups is 1.